The van der Waals surface area contributed by atoms with E-state index < -0.39 is 0 Å². The number of hydrogen-bond donors (Lipinski definition) is 0. The van der Waals surface area contributed by atoms with Crippen molar-refractivity contribution in [1.82, 2.24) is 9.78 Å². The van der Waals surface area contributed by atoms with Crippen LogP contribution in [0.2, 0.25) is 0 Å². The molecule has 0 amide bonds. The molecule has 1 heterocycles. The zero-order valence-electron chi connectivity index (χ0n) is 7.84. The van der Waals surface area contributed by atoms with Crippen molar-refractivity contribution >= 4 is 5.91 Å². The summed E-state index contributed by atoms with van der Waals surface area (Å²) in [6, 6.07) is 1.79. The molecule has 1 aromatic heterocycles. The lowest BCUT2D eigenvalue weighted by Crippen LogP contribution is -2.25. The lowest BCUT2D eigenvalue weighted by Gasteiger charge is -2.15. The van der Waals surface area contributed by atoms with Crippen LogP contribution in [0.25, 0.3) is 0 Å². The smallest absolute Gasteiger partial charge is 0.250 e. The van der Waals surface area contributed by atoms with Gasteiger partial charge in [-0.25, -0.2) is 4.68 Å². The Labute approximate surface area is 82.4 Å². The summed E-state index contributed by atoms with van der Waals surface area (Å²) >= 11 is 0. The maximum absolute atomic E-state index is 12.0. The highest BCUT2D eigenvalue weighted by atomic mass is 16.2. The lowest BCUT2D eigenvalue weighted by atomic mass is 9.93. The van der Waals surface area contributed by atoms with Crippen molar-refractivity contribution in [3.8, 4) is 0 Å². The van der Waals surface area contributed by atoms with E-state index in [4.69, 9.17) is 0 Å². The minimum Gasteiger partial charge on any atom is -0.272 e. The van der Waals surface area contributed by atoms with Gasteiger partial charge in [-0.1, -0.05) is 12.2 Å². The molecule has 0 N–H and O–H groups in total. The Morgan fingerprint density at radius 1 is 1.36 bits per heavy atom. The Morgan fingerprint density at radius 2 is 2.29 bits per heavy atom. The Balaban J connectivity index is 1.84. The van der Waals surface area contributed by atoms with Crippen LogP contribution in [0.15, 0.2) is 30.6 Å². The summed E-state index contributed by atoms with van der Waals surface area (Å²) in [5, 5.41) is 3.99. The van der Waals surface area contributed by atoms with E-state index in [-0.39, 0.29) is 11.8 Å². The second-order valence-corrected chi connectivity index (χ2v) is 4.18. The molecule has 3 rings (SSSR count). The number of rotatable bonds is 1. The van der Waals surface area contributed by atoms with E-state index in [1.165, 1.54) is 4.68 Å². The average Bonchev–Trinajstić information content (AvgIpc) is 2.93. The molecule has 1 saturated carbocycles. The SMILES string of the molecule is O=C([C@H]1C[C@@H]2C=C[C@H]1C2)n1cccn1. The number of allylic oxidation sites excluding steroid dienone is 2. The summed E-state index contributed by atoms with van der Waals surface area (Å²) in [6.07, 6.45) is 10.0. The summed E-state index contributed by atoms with van der Waals surface area (Å²) in [7, 11) is 0. The van der Waals surface area contributed by atoms with Gasteiger partial charge in [-0.15, -0.1) is 0 Å². The van der Waals surface area contributed by atoms with Crippen molar-refractivity contribution in [2.45, 2.75) is 12.8 Å². The van der Waals surface area contributed by atoms with Gasteiger partial charge in [-0.3, -0.25) is 4.79 Å². The predicted molar refractivity (Wildman–Crippen MR) is 51.7 cm³/mol. The number of carbonyl (C=O) groups excluding carboxylic acids is 1. The third-order valence-corrected chi connectivity index (χ3v) is 3.33. The molecule has 72 valence electrons. The molecule has 2 aliphatic carbocycles. The van der Waals surface area contributed by atoms with Crippen LogP contribution in [0.5, 0.6) is 0 Å². The van der Waals surface area contributed by atoms with Gasteiger partial charge in [0.15, 0.2) is 0 Å². The van der Waals surface area contributed by atoms with Crippen LogP contribution in [-0.2, 0) is 0 Å². The van der Waals surface area contributed by atoms with Gasteiger partial charge < -0.3 is 0 Å². The maximum Gasteiger partial charge on any atom is 0.250 e. The first-order chi connectivity index (χ1) is 6.84. The molecule has 0 aliphatic heterocycles. The average molecular weight is 188 g/mol. The molecule has 3 atom stereocenters. The molecule has 0 radical (unpaired) electrons. The van der Waals surface area contributed by atoms with E-state index in [1.54, 1.807) is 18.5 Å². The summed E-state index contributed by atoms with van der Waals surface area (Å²) in [4.78, 5) is 12.0. The zero-order valence-corrected chi connectivity index (χ0v) is 7.84. The van der Waals surface area contributed by atoms with Crippen LogP contribution in [0.1, 0.15) is 17.6 Å². The van der Waals surface area contributed by atoms with Crippen molar-refractivity contribution in [2.24, 2.45) is 17.8 Å². The molecule has 14 heavy (non-hydrogen) atoms. The van der Waals surface area contributed by atoms with Crippen molar-refractivity contribution in [3.05, 3.63) is 30.6 Å². The molecule has 1 aromatic rings. The third kappa shape index (κ3) is 1.05. The first kappa shape index (κ1) is 7.97. The van der Waals surface area contributed by atoms with Gasteiger partial charge >= 0.3 is 0 Å². The highest BCUT2D eigenvalue weighted by Gasteiger charge is 2.40. The van der Waals surface area contributed by atoms with Crippen molar-refractivity contribution in [3.63, 3.8) is 0 Å². The van der Waals surface area contributed by atoms with Gasteiger partial charge in [0.25, 0.3) is 5.91 Å². The summed E-state index contributed by atoms with van der Waals surface area (Å²) in [6.45, 7) is 0. The Kier molecular flexibility index (Phi) is 1.60. The van der Waals surface area contributed by atoms with Crippen LogP contribution in [0, 0.1) is 17.8 Å². The fraction of sp³-hybridized carbons (Fsp3) is 0.455. The third-order valence-electron chi connectivity index (χ3n) is 3.33. The van der Waals surface area contributed by atoms with Crippen LogP contribution in [-0.4, -0.2) is 15.7 Å². The fourth-order valence-corrected chi connectivity index (χ4v) is 2.63. The van der Waals surface area contributed by atoms with E-state index in [0.29, 0.717) is 11.8 Å². The predicted octanol–water partition coefficient (Wildman–Crippen LogP) is 1.74. The van der Waals surface area contributed by atoms with E-state index in [0.717, 1.165) is 12.8 Å². The lowest BCUT2D eigenvalue weighted by molar-refractivity contribution is 0.0797. The Hall–Kier alpha value is -1.38. The van der Waals surface area contributed by atoms with Crippen molar-refractivity contribution in [1.29, 1.82) is 0 Å². The number of aromatic nitrogens is 2. The zero-order chi connectivity index (χ0) is 9.54. The second-order valence-electron chi connectivity index (χ2n) is 4.18. The number of fused-ring (bicyclic) bond motifs is 2. The van der Waals surface area contributed by atoms with Crippen LogP contribution in [0.4, 0.5) is 0 Å². The normalized spacial score (nSPS) is 33.9. The second kappa shape index (κ2) is 2.80. The van der Waals surface area contributed by atoms with Crippen LogP contribution in [0.3, 0.4) is 0 Å². The molecular weight excluding hydrogens is 176 g/mol. The molecular formula is C11H12N2O. The molecule has 0 aromatic carbocycles. The Bertz CT molecular complexity index is 380. The largest absolute Gasteiger partial charge is 0.272 e. The van der Waals surface area contributed by atoms with Crippen molar-refractivity contribution in [2.75, 3.05) is 0 Å². The molecule has 2 bridgehead atoms. The molecule has 0 unspecified atom stereocenters. The van der Waals surface area contributed by atoms with E-state index in [9.17, 15) is 4.79 Å². The summed E-state index contributed by atoms with van der Waals surface area (Å²) in [5.74, 6) is 1.44. The van der Waals surface area contributed by atoms with Gasteiger partial charge in [0.2, 0.25) is 0 Å². The number of nitrogens with zero attached hydrogens (tertiary/aromatic N) is 2. The molecule has 1 fully saturated rings. The maximum atomic E-state index is 12.0. The first-order valence-electron chi connectivity index (χ1n) is 5.07. The van der Waals surface area contributed by atoms with Gasteiger partial charge in [0, 0.05) is 18.3 Å². The van der Waals surface area contributed by atoms with E-state index in [2.05, 4.69) is 17.3 Å². The monoisotopic (exact) mass is 188 g/mol. The number of carbonyl (C=O) groups is 1. The minimum absolute atomic E-state index is 0.159. The molecule has 3 heteroatoms. The van der Waals surface area contributed by atoms with Crippen molar-refractivity contribution < 1.29 is 4.79 Å². The fourth-order valence-electron chi connectivity index (χ4n) is 2.63. The van der Waals surface area contributed by atoms with Gasteiger partial charge in [0.05, 0.1) is 0 Å². The quantitative estimate of drug-likeness (QED) is 0.629. The molecule has 0 spiro atoms. The highest BCUT2D eigenvalue weighted by Crippen LogP contribution is 2.43. The molecule has 3 nitrogen and oxygen atoms in total. The molecule has 0 saturated heterocycles. The van der Waals surface area contributed by atoms with Gasteiger partial charge in [-0.2, -0.15) is 5.10 Å². The van der Waals surface area contributed by atoms with Crippen LogP contribution >= 0.6 is 0 Å². The van der Waals surface area contributed by atoms with Gasteiger partial charge in [0.1, 0.15) is 0 Å². The number of hydrogen-bond acceptors (Lipinski definition) is 2. The van der Waals surface area contributed by atoms with E-state index in [1.807, 2.05) is 0 Å². The summed E-state index contributed by atoms with van der Waals surface area (Å²) in [5.41, 5.74) is 0. The van der Waals surface area contributed by atoms with Crippen LogP contribution < -0.4 is 0 Å². The first-order valence-corrected chi connectivity index (χ1v) is 5.07. The van der Waals surface area contributed by atoms with Gasteiger partial charge in [-0.05, 0) is 30.7 Å². The highest BCUT2D eigenvalue weighted by molar-refractivity contribution is 5.81. The topological polar surface area (TPSA) is 34.9 Å². The minimum atomic E-state index is 0.159. The summed E-state index contributed by atoms with van der Waals surface area (Å²) < 4.78 is 1.47. The standard InChI is InChI=1S/C11H12N2O/c14-11(13-5-1-4-12-13)10-7-8-2-3-9(10)6-8/h1-5,8-10H,6-7H2/t8-,9+,10+/m1/s1. The van der Waals surface area contributed by atoms with E-state index >= 15 is 0 Å². The molecule has 2 aliphatic rings. The Morgan fingerprint density at radius 3 is 2.86 bits per heavy atom.